The zero-order valence-electron chi connectivity index (χ0n) is 24.7. The summed E-state index contributed by atoms with van der Waals surface area (Å²) < 4.78 is 12.2. The Morgan fingerprint density at radius 3 is 2.41 bits per heavy atom. The van der Waals surface area contributed by atoms with Gasteiger partial charge in [-0.25, -0.2) is 0 Å². The molecule has 3 saturated heterocycles. The van der Waals surface area contributed by atoms with E-state index in [1.54, 1.807) is 46.1 Å². The van der Waals surface area contributed by atoms with Crippen molar-refractivity contribution in [2.75, 3.05) is 44.8 Å². The van der Waals surface area contributed by atoms with Gasteiger partial charge in [-0.2, -0.15) is 0 Å². The standard InChI is InChI=1S/C32H45N3O6/c1-6-18-33(19-7-2)28(37)25-26-29(38)35(21-10-11-22-36)27(32(26)17-16-31(25,9-4)41-32)30(39)34(20-8-3)23-12-14-24(40-5)15-13-23/h6,8,12-15,25-27,36H,1,3,7,9-11,16-22H2,2,4-5H3/t25-,26-,27?,31+,32?/m0/s1. The lowest BCUT2D eigenvalue weighted by Gasteiger charge is -2.37. The maximum Gasteiger partial charge on any atom is 0.253 e. The highest BCUT2D eigenvalue weighted by molar-refractivity contribution is 6.05. The number of nitrogens with zero attached hydrogens (tertiary/aromatic N) is 3. The fourth-order valence-electron chi connectivity index (χ4n) is 7.28. The van der Waals surface area contributed by atoms with Gasteiger partial charge in [0, 0.05) is 38.5 Å². The van der Waals surface area contributed by atoms with Crippen molar-refractivity contribution in [3.05, 3.63) is 49.6 Å². The maximum absolute atomic E-state index is 14.6. The highest BCUT2D eigenvalue weighted by Crippen LogP contribution is 2.64. The number of anilines is 1. The average molecular weight is 568 g/mol. The number of unbranched alkanes of at least 4 members (excludes halogenated alkanes) is 1. The zero-order chi connectivity index (χ0) is 29.8. The summed E-state index contributed by atoms with van der Waals surface area (Å²) in [5.74, 6) is -1.33. The first-order valence-corrected chi connectivity index (χ1v) is 14.9. The first-order valence-electron chi connectivity index (χ1n) is 14.9. The van der Waals surface area contributed by atoms with E-state index in [2.05, 4.69) is 13.2 Å². The minimum Gasteiger partial charge on any atom is -0.497 e. The van der Waals surface area contributed by atoms with Crippen LogP contribution >= 0.6 is 0 Å². The molecule has 1 spiro atoms. The molecule has 1 aromatic rings. The molecule has 41 heavy (non-hydrogen) atoms. The van der Waals surface area contributed by atoms with Crippen molar-refractivity contribution in [1.82, 2.24) is 9.80 Å². The van der Waals surface area contributed by atoms with Crippen LogP contribution in [0.2, 0.25) is 0 Å². The topological polar surface area (TPSA) is 99.6 Å². The third kappa shape index (κ3) is 5.18. The predicted molar refractivity (Wildman–Crippen MR) is 157 cm³/mol. The Kier molecular flexibility index (Phi) is 9.59. The second-order valence-corrected chi connectivity index (χ2v) is 11.3. The summed E-state index contributed by atoms with van der Waals surface area (Å²) in [6.45, 7) is 13.2. The smallest absolute Gasteiger partial charge is 0.253 e. The molecule has 224 valence electrons. The van der Waals surface area contributed by atoms with E-state index in [0.29, 0.717) is 63.2 Å². The van der Waals surface area contributed by atoms with Crippen LogP contribution < -0.4 is 9.64 Å². The van der Waals surface area contributed by atoms with Crippen LogP contribution in [0.1, 0.15) is 52.4 Å². The molecule has 0 aromatic heterocycles. The fourth-order valence-corrected chi connectivity index (χ4v) is 7.28. The molecule has 4 rings (SSSR count). The minimum atomic E-state index is -1.11. The van der Waals surface area contributed by atoms with Crippen LogP contribution in [0.25, 0.3) is 0 Å². The van der Waals surface area contributed by atoms with Crippen molar-refractivity contribution in [2.45, 2.75) is 69.6 Å². The van der Waals surface area contributed by atoms with Crippen molar-refractivity contribution >= 4 is 23.4 Å². The summed E-state index contributed by atoms with van der Waals surface area (Å²) in [4.78, 5) is 48.2. The second-order valence-electron chi connectivity index (χ2n) is 11.3. The van der Waals surface area contributed by atoms with Gasteiger partial charge in [0.15, 0.2) is 0 Å². The summed E-state index contributed by atoms with van der Waals surface area (Å²) in [7, 11) is 1.58. The Labute approximate surface area is 243 Å². The molecule has 1 aromatic carbocycles. The molecule has 3 aliphatic rings. The zero-order valence-corrected chi connectivity index (χ0v) is 24.7. The number of aliphatic hydroxyl groups excluding tert-OH is 1. The van der Waals surface area contributed by atoms with Crippen LogP contribution in [0.4, 0.5) is 5.69 Å². The van der Waals surface area contributed by atoms with E-state index in [4.69, 9.17) is 9.47 Å². The van der Waals surface area contributed by atoms with Crippen molar-refractivity contribution in [1.29, 1.82) is 0 Å². The molecule has 3 amide bonds. The van der Waals surface area contributed by atoms with Crippen LogP contribution in [0, 0.1) is 11.8 Å². The lowest BCUT2D eigenvalue weighted by Crippen LogP contribution is -2.56. The number of hydrogen-bond acceptors (Lipinski definition) is 6. The number of carbonyl (C=O) groups excluding carboxylic acids is 3. The third-order valence-electron chi connectivity index (χ3n) is 9.10. The first-order chi connectivity index (χ1) is 19.8. The lowest BCUT2D eigenvalue weighted by atomic mass is 9.64. The molecule has 2 bridgehead atoms. The summed E-state index contributed by atoms with van der Waals surface area (Å²) in [6.07, 6.45) is 6.89. The maximum atomic E-state index is 14.6. The molecule has 0 radical (unpaired) electrons. The van der Waals surface area contributed by atoms with Gasteiger partial charge >= 0.3 is 0 Å². The fraction of sp³-hybridized carbons (Fsp3) is 0.594. The van der Waals surface area contributed by atoms with E-state index in [1.165, 1.54) is 0 Å². The van der Waals surface area contributed by atoms with Gasteiger partial charge in [0.1, 0.15) is 17.4 Å². The molecule has 3 heterocycles. The largest absolute Gasteiger partial charge is 0.497 e. The van der Waals surface area contributed by atoms with E-state index in [1.807, 2.05) is 26.0 Å². The molecule has 3 fully saturated rings. The van der Waals surface area contributed by atoms with Gasteiger partial charge < -0.3 is 29.3 Å². The van der Waals surface area contributed by atoms with Gasteiger partial charge in [0.05, 0.1) is 24.5 Å². The summed E-state index contributed by atoms with van der Waals surface area (Å²) >= 11 is 0. The summed E-state index contributed by atoms with van der Waals surface area (Å²) in [5, 5.41) is 9.46. The number of likely N-dealkylation sites (tertiary alicyclic amines) is 1. The Hall–Kier alpha value is -3.17. The number of carbonyl (C=O) groups is 3. The van der Waals surface area contributed by atoms with E-state index >= 15 is 0 Å². The molecule has 2 unspecified atom stereocenters. The van der Waals surface area contributed by atoms with E-state index in [0.717, 1.165) is 6.42 Å². The molecule has 3 aliphatic heterocycles. The molecular formula is C32H45N3O6. The van der Waals surface area contributed by atoms with Crippen molar-refractivity contribution in [3.63, 3.8) is 0 Å². The number of hydrogen-bond donors (Lipinski definition) is 1. The average Bonchev–Trinajstić information content (AvgIpc) is 3.59. The molecule has 0 aliphatic carbocycles. The number of benzene rings is 1. The quantitative estimate of drug-likeness (QED) is 0.257. The van der Waals surface area contributed by atoms with E-state index in [-0.39, 0.29) is 30.9 Å². The Morgan fingerprint density at radius 2 is 1.83 bits per heavy atom. The van der Waals surface area contributed by atoms with Gasteiger partial charge in [-0.05, 0) is 62.8 Å². The number of fused-ring (bicyclic) bond motifs is 1. The lowest BCUT2D eigenvalue weighted by molar-refractivity contribution is -0.151. The van der Waals surface area contributed by atoms with Gasteiger partial charge in [-0.15, -0.1) is 13.2 Å². The number of methoxy groups -OCH3 is 1. The minimum absolute atomic E-state index is 0.00621. The third-order valence-corrected chi connectivity index (χ3v) is 9.10. The second kappa shape index (κ2) is 12.8. The van der Waals surface area contributed by atoms with Gasteiger partial charge in [-0.1, -0.05) is 26.0 Å². The first kappa shape index (κ1) is 30.8. The van der Waals surface area contributed by atoms with Crippen molar-refractivity contribution < 1.29 is 29.0 Å². The number of amides is 3. The van der Waals surface area contributed by atoms with Crippen molar-refractivity contribution in [3.8, 4) is 5.75 Å². The van der Waals surface area contributed by atoms with Gasteiger partial charge in [0.2, 0.25) is 11.8 Å². The number of rotatable bonds is 15. The molecule has 1 N–H and O–H groups in total. The van der Waals surface area contributed by atoms with E-state index < -0.39 is 29.1 Å². The van der Waals surface area contributed by atoms with Crippen LogP contribution in [-0.2, 0) is 19.1 Å². The predicted octanol–water partition coefficient (Wildman–Crippen LogP) is 3.57. The molecular weight excluding hydrogens is 522 g/mol. The Bertz CT molecular complexity index is 1140. The molecule has 9 heteroatoms. The van der Waals surface area contributed by atoms with Crippen LogP contribution in [0.3, 0.4) is 0 Å². The monoisotopic (exact) mass is 567 g/mol. The van der Waals surface area contributed by atoms with Crippen LogP contribution in [-0.4, -0.2) is 89.8 Å². The molecule has 9 nitrogen and oxygen atoms in total. The highest BCUT2D eigenvalue weighted by atomic mass is 16.5. The number of ether oxygens (including phenoxy) is 2. The van der Waals surface area contributed by atoms with Crippen LogP contribution in [0.5, 0.6) is 5.75 Å². The normalized spacial score (nSPS) is 28.0. The number of aliphatic hydroxyl groups is 1. The Balaban J connectivity index is 1.80. The van der Waals surface area contributed by atoms with E-state index in [9.17, 15) is 19.5 Å². The Morgan fingerprint density at radius 1 is 1.12 bits per heavy atom. The highest BCUT2D eigenvalue weighted by Gasteiger charge is 2.79. The van der Waals surface area contributed by atoms with Gasteiger partial charge in [-0.3, -0.25) is 14.4 Å². The van der Waals surface area contributed by atoms with Crippen LogP contribution in [0.15, 0.2) is 49.6 Å². The summed E-state index contributed by atoms with van der Waals surface area (Å²) in [6, 6.07) is 6.31. The molecule has 5 atom stereocenters. The van der Waals surface area contributed by atoms with Crippen molar-refractivity contribution in [2.24, 2.45) is 11.8 Å². The van der Waals surface area contributed by atoms with Gasteiger partial charge in [0.25, 0.3) is 5.91 Å². The summed E-state index contributed by atoms with van der Waals surface area (Å²) in [5.41, 5.74) is -1.26. The SMILES string of the molecule is C=CCN(CCC)C(=O)[C@@H]1[C@H]2C(=O)N(CCCCO)C(C(=O)N(CC=C)c3ccc(OC)cc3)C23CC[C@@]1(CC)O3. The molecule has 0 saturated carbocycles.